The van der Waals surface area contributed by atoms with Crippen LogP contribution in [0.25, 0.3) is 0 Å². The predicted octanol–water partition coefficient (Wildman–Crippen LogP) is 2.53. The van der Waals surface area contributed by atoms with E-state index in [4.69, 9.17) is 9.47 Å². The fourth-order valence-corrected chi connectivity index (χ4v) is 2.74. The molecule has 0 radical (unpaired) electrons. The third-order valence-corrected chi connectivity index (χ3v) is 4.09. The van der Waals surface area contributed by atoms with E-state index in [1.54, 1.807) is 27.7 Å². The summed E-state index contributed by atoms with van der Waals surface area (Å²) in [5.74, 6) is -1.62. The Hall–Kier alpha value is -2.81. The molecule has 1 aromatic heterocycles. The Kier molecular flexibility index (Phi) is 7.30. The molecular formula is C21H28F2N3O4+. The maximum atomic E-state index is 13.9. The second-order valence-electron chi connectivity index (χ2n) is 8.19. The molecule has 2 rings (SSSR count). The number of hydrogen-bond donors (Lipinski definition) is 1. The van der Waals surface area contributed by atoms with Crippen molar-refractivity contribution in [2.45, 2.75) is 59.8 Å². The number of hydrogen-bond acceptors (Lipinski definition) is 5. The number of ether oxygens (including phenoxy) is 2. The summed E-state index contributed by atoms with van der Waals surface area (Å²) < 4.78 is 39.2. The first-order chi connectivity index (χ1) is 13.9. The van der Waals surface area contributed by atoms with Crippen molar-refractivity contribution in [2.75, 3.05) is 6.54 Å². The van der Waals surface area contributed by atoms with E-state index >= 15 is 0 Å². The Morgan fingerprint density at radius 2 is 1.93 bits per heavy atom. The highest BCUT2D eigenvalue weighted by Crippen LogP contribution is 2.18. The molecule has 30 heavy (non-hydrogen) atoms. The first kappa shape index (κ1) is 23.5. The zero-order valence-electron chi connectivity index (χ0n) is 18.1. The van der Waals surface area contributed by atoms with Crippen molar-refractivity contribution in [3.63, 3.8) is 0 Å². The van der Waals surface area contributed by atoms with Crippen molar-refractivity contribution in [3.05, 3.63) is 51.3 Å². The van der Waals surface area contributed by atoms with Gasteiger partial charge in [0.2, 0.25) is 5.88 Å². The second kappa shape index (κ2) is 9.34. The number of nitrogens with zero attached hydrogens (tertiary/aromatic N) is 2. The van der Waals surface area contributed by atoms with Crippen LogP contribution < -0.4 is 15.6 Å². The van der Waals surface area contributed by atoms with Gasteiger partial charge in [0.1, 0.15) is 23.8 Å². The lowest BCUT2D eigenvalue weighted by Gasteiger charge is -2.19. The minimum atomic E-state index is -0.750. The van der Waals surface area contributed by atoms with Gasteiger partial charge in [0.15, 0.2) is 6.54 Å². The highest BCUT2D eigenvalue weighted by molar-refractivity contribution is 5.70. The normalized spacial score (nSPS) is 11.6. The summed E-state index contributed by atoms with van der Waals surface area (Å²) in [6.07, 6.45) is 0. The maximum absolute atomic E-state index is 13.9. The minimum absolute atomic E-state index is 0.0241. The zero-order chi connectivity index (χ0) is 22.6. The van der Waals surface area contributed by atoms with Crippen LogP contribution in [0.3, 0.4) is 0 Å². The topological polar surface area (TPSA) is 87.0 Å². The number of halogens is 2. The molecule has 0 fully saturated rings. The van der Waals surface area contributed by atoms with E-state index in [9.17, 15) is 18.4 Å². The van der Waals surface area contributed by atoms with Gasteiger partial charge in [-0.05, 0) is 53.7 Å². The molecule has 0 aliphatic carbocycles. The van der Waals surface area contributed by atoms with Gasteiger partial charge in [-0.15, -0.1) is 4.98 Å². The molecule has 1 aromatic carbocycles. The van der Waals surface area contributed by atoms with Crippen molar-refractivity contribution in [1.29, 1.82) is 0 Å². The van der Waals surface area contributed by atoms with Gasteiger partial charge < -0.3 is 9.47 Å². The lowest BCUT2D eigenvalue weighted by molar-refractivity contribution is -0.571. The first-order valence-electron chi connectivity index (χ1n) is 9.64. The van der Waals surface area contributed by atoms with E-state index in [1.165, 1.54) is 16.0 Å². The molecule has 0 saturated carbocycles. The van der Waals surface area contributed by atoms with Gasteiger partial charge in [-0.3, -0.25) is 10.1 Å². The summed E-state index contributed by atoms with van der Waals surface area (Å²) in [5, 5.41) is 1.50. The zero-order valence-corrected chi connectivity index (χ0v) is 18.1. The average molecular weight is 424 g/mol. The quantitative estimate of drug-likeness (QED) is 0.691. The van der Waals surface area contributed by atoms with Gasteiger partial charge in [-0.1, -0.05) is 0 Å². The Morgan fingerprint density at radius 1 is 1.27 bits per heavy atom. The molecule has 7 nitrogen and oxygen atoms in total. The van der Waals surface area contributed by atoms with Crippen LogP contribution >= 0.6 is 0 Å². The minimum Gasteiger partial charge on any atom is -0.472 e. The van der Waals surface area contributed by atoms with Gasteiger partial charge in [0.25, 0.3) is 5.56 Å². The Bertz CT molecular complexity index is 981. The van der Waals surface area contributed by atoms with Crippen molar-refractivity contribution in [1.82, 2.24) is 9.55 Å². The summed E-state index contributed by atoms with van der Waals surface area (Å²) in [5.41, 5.74) is -0.577. The highest BCUT2D eigenvalue weighted by Gasteiger charge is 2.23. The number of benzene rings is 1. The first-order valence-corrected chi connectivity index (χ1v) is 9.64. The van der Waals surface area contributed by atoms with E-state index in [0.29, 0.717) is 0 Å². The van der Waals surface area contributed by atoms with Gasteiger partial charge in [0.05, 0.1) is 5.56 Å². The lowest BCUT2D eigenvalue weighted by atomic mass is 10.2. The van der Waals surface area contributed by atoms with Crippen LogP contribution in [-0.2, 0) is 16.1 Å². The van der Waals surface area contributed by atoms with E-state index in [-0.39, 0.29) is 47.7 Å². The lowest BCUT2D eigenvalue weighted by Crippen LogP contribution is -2.82. The van der Waals surface area contributed by atoms with Gasteiger partial charge in [-0.25, -0.2) is 18.1 Å². The Morgan fingerprint density at radius 3 is 2.50 bits per heavy atom. The number of rotatable bonds is 7. The average Bonchev–Trinajstić information content (AvgIpc) is 2.60. The van der Waals surface area contributed by atoms with Crippen LogP contribution in [-0.4, -0.2) is 27.7 Å². The standard InChI is InChI=1S/C21H27F2N3O4/c1-12(2)26-19(28)13(3)18(29-11-14-7-8-15(22)9-16(14)23)25-20(26)24-10-17(27)30-21(4,5)6/h7-9,12H,10-11H2,1-6H3,(H,24,25)/p+1. The number of nitrogens with two attached hydrogens (primary N) is 1. The van der Waals surface area contributed by atoms with Crippen LogP contribution in [0, 0.1) is 18.6 Å². The Balaban J connectivity index is 2.28. The van der Waals surface area contributed by atoms with Gasteiger partial charge >= 0.3 is 11.9 Å². The fraction of sp³-hybridized carbons (Fsp3) is 0.476. The van der Waals surface area contributed by atoms with Crippen molar-refractivity contribution in [2.24, 2.45) is 0 Å². The van der Waals surface area contributed by atoms with E-state index in [1.807, 2.05) is 13.8 Å². The molecule has 0 amide bonds. The van der Waals surface area contributed by atoms with Crippen LogP contribution in [0.5, 0.6) is 5.88 Å². The molecule has 0 spiro atoms. The highest BCUT2D eigenvalue weighted by atomic mass is 19.1. The predicted molar refractivity (Wildman–Crippen MR) is 107 cm³/mol. The largest absolute Gasteiger partial charge is 0.472 e. The monoisotopic (exact) mass is 424 g/mol. The van der Waals surface area contributed by atoms with Crippen LogP contribution in [0.15, 0.2) is 23.0 Å². The smallest absolute Gasteiger partial charge is 0.362 e. The maximum Gasteiger partial charge on any atom is 0.362 e. The summed E-state index contributed by atoms with van der Waals surface area (Å²) in [6, 6.07) is 2.94. The number of aromatic nitrogens is 2. The third kappa shape index (κ3) is 6.09. The molecular weight excluding hydrogens is 396 g/mol. The fourth-order valence-electron chi connectivity index (χ4n) is 2.74. The summed E-state index contributed by atoms with van der Waals surface area (Å²) in [7, 11) is 0. The molecule has 0 saturated heterocycles. The van der Waals surface area contributed by atoms with Crippen molar-refractivity contribution < 1.29 is 28.4 Å². The van der Waals surface area contributed by atoms with Crippen LogP contribution in [0.2, 0.25) is 0 Å². The SMILES string of the molecule is Cc1c(OCc2ccc(F)cc2F)nc([NH2+]CC(=O)OC(C)(C)C)n(C(C)C)c1=O. The molecule has 2 N–H and O–H groups in total. The molecule has 0 aliphatic heterocycles. The number of carbonyl (C=O) groups is 1. The van der Waals surface area contributed by atoms with E-state index in [2.05, 4.69) is 4.98 Å². The number of esters is 1. The molecule has 9 heteroatoms. The summed E-state index contributed by atoms with van der Waals surface area (Å²) in [4.78, 5) is 29.3. The molecule has 2 aromatic rings. The molecule has 0 bridgehead atoms. The molecule has 0 unspecified atom stereocenters. The Labute approximate surface area is 174 Å². The number of quaternary nitrogens is 1. The second-order valence-corrected chi connectivity index (χ2v) is 8.19. The molecule has 164 valence electrons. The summed E-state index contributed by atoms with van der Waals surface area (Å²) >= 11 is 0. The molecule has 0 aliphatic rings. The van der Waals surface area contributed by atoms with Crippen molar-refractivity contribution >= 4 is 11.9 Å². The van der Waals surface area contributed by atoms with Crippen molar-refractivity contribution in [3.8, 4) is 5.88 Å². The van der Waals surface area contributed by atoms with E-state index < -0.39 is 23.2 Å². The third-order valence-electron chi connectivity index (χ3n) is 4.09. The molecule has 0 atom stereocenters. The van der Waals surface area contributed by atoms with E-state index in [0.717, 1.165) is 12.1 Å². The molecule has 1 heterocycles. The van der Waals surface area contributed by atoms with Gasteiger partial charge in [0, 0.05) is 17.7 Å². The van der Waals surface area contributed by atoms with Crippen LogP contribution in [0.4, 0.5) is 14.7 Å². The summed E-state index contributed by atoms with van der Waals surface area (Å²) in [6.45, 7) is 10.2. The van der Waals surface area contributed by atoms with Crippen LogP contribution in [0.1, 0.15) is 51.8 Å². The van der Waals surface area contributed by atoms with Gasteiger partial charge in [-0.2, -0.15) is 0 Å². The number of carbonyl (C=O) groups excluding carboxylic acids is 1.